The fourth-order valence-corrected chi connectivity index (χ4v) is 1.26. The molecule has 0 radical (unpaired) electrons. The lowest BCUT2D eigenvalue weighted by molar-refractivity contribution is 0.102. The van der Waals surface area contributed by atoms with Crippen molar-refractivity contribution in [3.63, 3.8) is 0 Å². The van der Waals surface area contributed by atoms with Crippen LogP contribution in [0.3, 0.4) is 0 Å². The van der Waals surface area contributed by atoms with E-state index in [9.17, 15) is 9.18 Å². The van der Waals surface area contributed by atoms with Crippen LogP contribution >= 0.6 is 11.6 Å². The Morgan fingerprint density at radius 3 is 2.59 bits per heavy atom. The topological polar surface area (TPSA) is 54.9 Å². The monoisotopic (exact) mass is 251 g/mol. The third kappa shape index (κ3) is 2.98. The Hall–Kier alpha value is -2.01. The Labute approximate surface area is 101 Å². The van der Waals surface area contributed by atoms with Gasteiger partial charge in [0, 0.05) is 6.20 Å². The van der Waals surface area contributed by atoms with Crippen molar-refractivity contribution in [3.8, 4) is 0 Å². The number of hydrogen-bond donors (Lipinski definition) is 1. The molecule has 0 fully saturated rings. The summed E-state index contributed by atoms with van der Waals surface area (Å²) in [4.78, 5) is 19.2. The summed E-state index contributed by atoms with van der Waals surface area (Å²) in [5.74, 6) is -0.573. The molecular weight excluding hydrogens is 245 g/mol. The van der Waals surface area contributed by atoms with Crippen LogP contribution in [0, 0.1) is 5.82 Å². The normalized spacial score (nSPS) is 10.0. The van der Waals surface area contributed by atoms with Gasteiger partial charge in [0.15, 0.2) is 0 Å². The standard InChI is InChI=1S/C11H7ClFN3O/c12-9-3-1-7(5-14-9)11(17)16-10-4-2-8(13)6-15-10/h1-6H,(H,15,16,17). The Kier molecular flexibility index (Phi) is 3.30. The van der Waals surface area contributed by atoms with Crippen LogP contribution in [0.15, 0.2) is 36.7 Å². The second-order valence-corrected chi connectivity index (χ2v) is 3.57. The summed E-state index contributed by atoms with van der Waals surface area (Å²) >= 11 is 5.60. The van der Waals surface area contributed by atoms with Crippen LogP contribution in [0.4, 0.5) is 10.2 Å². The molecule has 0 aromatic carbocycles. The minimum absolute atomic E-state index is 0.270. The van der Waals surface area contributed by atoms with Gasteiger partial charge in [0.1, 0.15) is 16.8 Å². The van der Waals surface area contributed by atoms with Gasteiger partial charge >= 0.3 is 0 Å². The number of rotatable bonds is 2. The van der Waals surface area contributed by atoms with Gasteiger partial charge in [-0.3, -0.25) is 4.79 Å². The maximum Gasteiger partial charge on any atom is 0.258 e. The second-order valence-electron chi connectivity index (χ2n) is 3.19. The van der Waals surface area contributed by atoms with Crippen LogP contribution in [0.5, 0.6) is 0 Å². The van der Waals surface area contributed by atoms with Gasteiger partial charge in [0.05, 0.1) is 11.8 Å². The van der Waals surface area contributed by atoms with Gasteiger partial charge in [0.25, 0.3) is 5.91 Å². The molecule has 0 aliphatic heterocycles. The fraction of sp³-hybridized carbons (Fsp3) is 0. The molecule has 1 amide bonds. The summed E-state index contributed by atoms with van der Waals surface area (Å²) in [6.45, 7) is 0. The van der Waals surface area contributed by atoms with Gasteiger partial charge in [0.2, 0.25) is 0 Å². The highest BCUT2D eigenvalue weighted by atomic mass is 35.5. The third-order valence-electron chi connectivity index (χ3n) is 1.96. The molecule has 0 saturated heterocycles. The number of anilines is 1. The molecule has 0 aliphatic rings. The summed E-state index contributed by atoms with van der Waals surface area (Å²) in [7, 11) is 0. The molecule has 4 nitrogen and oxygen atoms in total. The number of carbonyl (C=O) groups is 1. The van der Waals surface area contributed by atoms with E-state index in [1.807, 2.05) is 0 Å². The zero-order valence-corrected chi connectivity index (χ0v) is 9.28. The highest BCUT2D eigenvalue weighted by Crippen LogP contribution is 2.08. The molecule has 0 unspecified atom stereocenters. The zero-order valence-electron chi connectivity index (χ0n) is 8.52. The van der Waals surface area contributed by atoms with Crippen molar-refractivity contribution in [1.29, 1.82) is 0 Å². The molecule has 0 bridgehead atoms. The van der Waals surface area contributed by atoms with Crippen LogP contribution < -0.4 is 5.32 Å². The number of halogens is 2. The first kappa shape index (κ1) is 11.5. The Morgan fingerprint density at radius 2 is 2.00 bits per heavy atom. The van der Waals surface area contributed by atoms with E-state index in [-0.39, 0.29) is 11.7 Å². The predicted octanol–water partition coefficient (Wildman–Crippen LogP) is 2.52. The first-order chi connectivity index (χ1) is 8.15. The van der Waals surface area contributed by atoms with Gasteiger partial charge in [-0.15, -0.1) is 0 Å². The van der Waals surface area contributed by atoms with E-state index in [1.165, 1.54) is 30.5 Å². The van der Waals surface area contributed by atoms with E-state index in [0.717, 1.165) is 6.20 Å². The van der Waals surface area contributed by atoms with Crippen molar-refractivity contribution in [3.05, 3.63) is 53.2 Å². The van der Waals surface area contributed by atoms with E-state index >= 15 is 0 Å². The lowest BCUT2D eigenvalue weighted by atomic mass is 10.2. The van der Waals surface area contributed by atoms with Gasteiger partial charge in [-0.1, -0.05) is 11.6 Å². The van der Waals surface area contributed by atoms with Gasteiger partial charge in [-0.05, 0) is 24.3 Å². The van der Waals surface area contributed by atoms with Crippen molar-refractivity contribution in [1.82, 2.24) is 9.97 Å². The average molecular weight is 252 g/mol. The minimum Gasteiger partial charge on any atom is -0.307 e. The number of nitrogens with zero attached hydrogens (tertiary/aromatic N) is 2. The van der Waals surface area contributed by atoms with Crippen LogP contribution in [0.1, 0.15) is 10.4 Å². The summed E-state index contributed by atoms with van der Waals surface area (Å²) in [6.07, 6.45) is 2.37. The molecule has 0 aliphatic carbocycles. The second kappa shape index (κ2) is 4.88. The van der Waals surface area contributed by atoms with Crippen molar-refractivity contribution in [2.75, 3.05) is 5.32 Å². The molecule has 17 heavy (non-hydrogen) atoms. The van der Waals surface area contributed by atoms with Crippen LogP contribution in [-0.4, -0.2) is 15.9 Å². The molecule has 0 saturated carbocycles. The SMILES string of the molecule is O=C(Nc1ccc(F)cn1)c1ccc(Cl)nc1. The van der Waals surface area contributed by atoms with Gasteiger partial charge in [-0.25, -0.2) is 14.4 Å². The highest BCUT2D eigenvalue weighted by Gasteiger charge is 2.07. The summed E-state index contributed by atoms with van der Waals surface area (Å²) in [6, 6.07) is 5.63. The number of pyridine rings is 2. The molecule has 86 valence electrons. The average Bonchev–Trinajstić information content (AvgIpc) is 2.33. The quantitative estimate of drug-likeness (QED) is 0.835. The molecule has 2 aromatic rings. The van der Waals surface area contributed by atoms with Crippen molar-refractivity contribution >= 4 is 23.3 Å². The summed E-state index contributed by atoms with van der Waals surface area (Å²) in [5, 5.41) is 2.81. The third-order valence-corrected chi connectivity index (χ3v) is 2.18. The van der Waals surface area contributed by atoms with E-state index in [0.29, 0.717) is 10.7 Å². The van der Waals surface area contributed by atoms with Crippen LogP contribution in [0.2, 0.25) is 5.15 Å². The largest absolute Gasteiger partial charge is 0.307 e. The van der Waals surface area contributed by atoms with Gasteiger partial charge in [-0.2, -0.15) is 0 Å². The van der Waals surface area contributed by atoms with Crippen molar-refractivity contribution < 1.29 is 9.18 Å². The highest BCUT2D eigenvalue weighted by molar-refractivity contribution is 6.29. The molecule has 2 rings (SSSR count). The summed E-state index contributed by atoms with van der Waals surface area (Å²) in [5.41, 5.74) is 0.348. The van der Waals surface area contributed by atoms with Crippen molar-refractivity contribution in [2.45, 2.75) is 0 Å². The first-order valence-electron chi connectivity index (χ1n) is 4.69. The molecule has 1 N–H and O–H groups in total. The lowest BCUT2D eigenvalue weighted by Crippen LogP contribution is -2.13. The maximum absolute atomic E-state index is 12.6. The number of carbonyl (C=O) groups excluding carboxylic acids is 1. The van der Waals surface area contributed by atoms with E-state index in [1.54, 1.807) is 0 Å². The maximum atomic E-state index is 12.6. The lowest BCUT2D eigenvalue weighted by Gasteiger charge is -2.03. The molecule has 2 heterocycles. The van der Waals surface area contributed by atoms with Gasteiger partial charge < -0.3 is 5.32 Å². The fourth-order valence-electron chi connectivity index (χ4n) is 1.15. The van der Waals surface area contributed by atoms with Crippen LogP contribution in [0.25, 0.3) is 0 Å². The molecule has 0 spiro atoms. The molecule has 6 heteroatoms. The van der Waals surface area contributed by atoms with Crippen molar-refractivity contribution in [2.24, 2.45) is 0 Å². The number of hydrogen-bond acceptors (Lipinski definition) is 3. The van der Waals surface area contributed by atoms with E-state index < -0.39 is 5.82 Å². The van der Waals surface area contributed by atoms with E-state index in [2.05, 4.69) is 15.3 Å². The Bertz CT molecular complexity index is 527. The molecule has 2 aromatic heterocycles. The smallest absolute Gasteiger partial charge is 0.258 e. The summed E-state index contributed by atoms with van der Waals surface area (Å²) < 4.78 is 12.6. The first-order valence-corrected chi connectivity index (χ1v) is 5.07. The molecule has 0 atom stereocenters. The van der Waals surface area contributed by atoms with E-state index in [4.69, 9.17) is 11.6 Å². The predicted molar refractivity (Wildman–Crippen MR) is 61.4 cm³/mol. The Balaban J connectivity index is 2.11. The minimum atomic E-state index is -0.462. The number of amides is 1. The Morgan fingerprint density at radius 1 is 1.18 bits per heavy atom. The molecular formula is C11H7ClFN3O. The number of nitrogens with one attached hydrogen (secondary N) is 1. The number of aromatic nitrogens is 2. The zero-order chi connectivity index (χ0) is 12.3. The van der Waals surface area contributed by atoms with Crippen LogP contribution in [-0.2, 0) is 0 Å².